The maximum Gasteiger partial charge on any atom is 0.271 e. The number of halogens is 1. The molecule has 1 N–H and O–H groups in total. The number of hydrogen-bond acceptors (Lipinski definition) is 5. The highest BCUT2D eigenvalue weighted by Gasteiger charge is 2.10. The molecule has 0 radical (unpaired) electrons. The van der Waals surface area contributed by atoms with Crippen LogP contribution in [0.5, 0.6) is 17.2 Å². The number of nitrogens with one attached hydrogen (secondary N) is 1. The quantitative estimate of drug-likeness (QED) is 0.605. The fraction of sp³-hybridized carbons (Fsp3) is 0.176. The van der Waals surface area contributed by atoms with Crippen molar-refractivity contribution in [2.75, 3.05) is 21.3 Å². The summed E-state index contributed by atoms with van der Waals surface area (Å²) >= 11 is 3.40. The van der Waals surface area contributed by atoms with E-state index in [0.717, 1.165) is 10.0 Å². The van der Waals surface area contributed by atoms with Crippen LogP contribution in [0.3, 0.4) is 0 Å². The molecule has 0 saturated carbocycles. The molecule has 0 aliphatic carbocycles. The Labute approximate surface area is 148 Å². The standard InChI is InChI=1S/C17H17BrN2O4/c1-22-13-6-4-5-12(9-13)17(21)20-19-10-11-7-14(18)16(24-3)15(8-11)23-2/h4-10H,1-3H3,(H,20,21)/b19-10-. The van der Waals surface area contributed by atoms with E-state index in [9.17, 15) is 4.79 Å². The summed E-state index contributed by atoms with van der Waals surface area (Å²) in [5.74, 6) is 1.43. The summed E-state index contributed by atoms with van der Waals surface area (Å²) in [6.07, 6.45) is 1.52. The number of benzene rings is 2. The molecule has 126 valence electrons. The third kappa shape index (κ3) is 4.26. The molecule has 6 nitrogen and oxygen atoms in total. The summed E-state index contributed by atoms with van der Waals surface area (Å²) in [7, 11) is 4.66. The van der Waals surface area contributed by atoms with Crippen LogP contribution in [0.4, 0.5) is 0 Å². The van der Waals surface area contributed by atoms with E-state index in [4.69, 9.17) is 14.2 Å². The lowest BCUT2D eigenvalue weighted by atomic mass is 10.2. The topological polar surface area (TPSA) is 69.2 Å². The Kier molecular flexibility index (Phi) is 6.20. The number of carbonyl (C=O) groups excluding carboxylic acids is 1. The molecule has 1 amide bonds. The number of methoxy groups -OCH3 is 3. The molecule has 0 unspecified atom stereocenters. The van der Waals surface area contributed by atoms with Gasteiger partial charge in [0.2, 0.25) is 0 Å². The van der Waals surface area contributed by atoms with Gasteiger partial charge in [0.1, 0.15) is 5.75 Å². The third-order valence-corrected chi connectivity index (χ3v) is 3.76. The molecule has 2 rings (SSSR count). The Morgan fingerprint density at radius 2 is 1.92 bits per heavy atom. The van der Waals surface area contributed by atoms with E-state index in [2.05, 4.69) is 26.5 Å². The minimum absolute atomic E-state index is 0.329. The summed E-state index contributed by atoms with van der Waals surface area (Å²) in [6, 6.07) is 10.4. The number of rotatable bonds is 6. The fourth-order valence-electron chi connectivity index (χ4n) is 2.01. The molecule has 0 atom stereocenters. The van der Waals surface area contributed by atoms with Gasteiger partial charge in [0.25, 0.3) is 5.91 Å². The largest absolute Gasteiger partial charge is 0.497 e. The van der Waals surface area contributed by atoms with E-state index in [1.807, 2.05) is 6.07 Å². The lowest BCUT2D eigenvalue weighted by Crippen LogP contribution is -2.17. The second kappa shape index (κ2) is 8.35. The average Bonchev–Trinajstić information content (AvgIpc) is 2.61. The maximum atomic E-state index is 12.1. The zero-order valence-electron chi connectivity index (χ0n) is 13.5. The van der Waals surface area contributed by atoms with Gasteiger partial charge in [-0.25, -0.2) is 5.43 Å². The number of amides is 1. The van der Waals surface area contributed by atoms with Crippen LogP contribution < -0.4 is 19.6 Å². The smallest absolute Gasteiger partial charge is 0.271 e. The number of nitrogens with zero attached hydrogens (tertiary/aromatic N) is 1. The van der Waals surface area contributed by atoms with Crippen molar-refractivity contribution in [1.29, 1.82) is 0 Å². The fourth-order valence-corrected chi connectivity index (χ4v) is 2.63. The summed E-state index contributed by atoms with van der Waals surface area (Å²) in [4.78, 5) is 12.1. The van der Waals surface area contributed by atoms with Gasteiger partial charge in [-0.3, -0.25) is 4.79 Å². The van der Waals surface area contributed by atoms with Gasteiger partial charge in [-0.15, -0.1) is 0 Å². The minimum Gasteiger partial charge on any atom is -0.497 e. The molecular formula is C17H17BrN2O4. The Bertz CT molecular complexity index is 762. The Morgan fingerprint density at radius 1 is 1.12 bits per heavy atom. The first-order valence-corrected chi connectivity index (χ1v) is 7.77. The van der Waals surface area contributed by atoms with Gasteiger partial charge in [0.05, 0.1) is 32.0 Å². The Morgan fingerprint density at radius 3 is 2.58 bits per heavy atom. The molecule has 0 spiro atoms. The molecule has 7 heteroatoms. The highest BCUT2D eigenvalue weighted by Crippen LogP contribution is 2.35. The van der Waals surface area contributed by atoms with Crippen LogP contribution in [0.1, 0.15) is 15.9 Å². The predicted octanol–water partition coefficient (Wildman–Crippen LogP) is 3.24. The SMILES string of the molecule is COc1cccc(C(=O)N/N=C\c2cc(Br)c(OC)c(OC)c2)c1. The predicted molar refractivity (Wildman–Crippen MR) is 95.3 cm³/mol. The molecule has 0 aliphatic rings. The van der Waals surface area contributed by atoms with Crippen LogP contribution in [0.25, 0.3) is 0 Å². The molecule has 0 bridgehead atoms. The summed E-state index contributed by atoms with van der Waals surface area (Å²) in [5.41, 5.74) is 3.67. The maximum absolute atomic E-state index is 12.1. The monoisotopic (exact) mass is 392 g/mol. The van der Waals surface area contributed by atoms with Gasteiger partial charge >= 0.3 is 0 Å². The first-order chi connectivity index (χ1) is 11.6. The van der Waals surface area contributed by atoms with E-state index in [-0.39, 0.29) is 5.91 Å². The normalized spacial score (nSPS) is 10.5. The molecule has 2 aromatic rings. The van der Waals surface area contributed by atoms with Gasteiger partial charge in [0, 0.05) is 5.56 Å². The summed E-state index contributed by atoms with van der Waals surface area (Å²) < 4.78 is 16.3. The van der Waals surface area contributed by atoms with Gasteiger partial charge in [0.15, 0.2) is 11.5 Å². The van der Waals surface area contributed by atoms with E-state index in [1.165, 1.54) is 6.21 Å². The number of hydrogen-bond donors (Lipinski definition) is 1. The zero-order valence-corrected chi connectivity index (χ0v) is 15.1. The van der Waals surface area contributed by atoms with Crippen molar-refractivity contribution < 1.29 is 19.0 Å². The highest BCUT2D eigenvalue weighted by atomic mass is 79.9. The Balaban J connectivity index is 2.11. The third-order valence-electron chi connectivity index (χ3n) is 3.17. The number of ether oxygens (including phenoxy) is 3. The first kappa shape index (κ1) is 17.8. The molecule has 0 aliphatic heterocycles. The van der Waals surface area contributed by atoms with Crippen molar-refractivity contribution in [3.63, 3.8) is 0 Å². The second-order valence-corrected chi connectivity index (χ2v) is 5.52. The molecular weight excluding hydrogens is 376 g/mol. The highest BCUT2D eigenvalue weighted by molar-refractivity contribution is 9.10. The van der Waals surface area contributed by atoms with Crippen LogP contribution >= 0.6 is 15.9 Å². The van der Waals surface area contributed by atoms with Gasteiger partial charge in [-0.1, -0.05) is 6.07 Å². The number of hydrazone groups is 1. The lowest BCUT2D eigenvalue weighted by molar-refractivity contribution is 0.0955. The molecule has 0 fully saturated rings. The minimum atomic E-state index is -0.329. The Hall–Kier alpha value is -2.54. The van der Waals surface area contributed by atoms with Crippen LogP contribution in [-0.4, -0.2) is 33.5 Å². The van der Waals surface area contributed by atoms with Crippen LogP contribution in [0, 0.1) is 0 Å². The molecule has 0 heterocycles. The number of carbonyl (C=O) groups is 1. The van der Waals surface area contributed by atoms with Crippen molar-refractivity contribution in [1.82, 2.24) is 5.43 Å². The average molecular weight is 393 g/mol. The van der Waals surface area contributed by atoms with Crippen molar-refractivity contribution >= 4 is 28.1 Å². The van der Waals surface area contributed by atoms with Crippen molar-refractivity contribution in [3.8, 4) is 17.2 Å². The first-order valence-electron chi connectivity index (χ1n) is 6.98. The molecule has 2 aromatic carbocycles. The van der Waals surface area contributed by atoms with E-state index in [0.29, 0.717) is 22.8 Å². The van der Waals surface area contributed by atoms with Crippen LogP contribution in [0.2, 0.25) is 0 Å². The van der Waals surface area contributed by atoms with Gasteiger partial charge in [-0.2, -0.15) is 5.10 Å². The van der Waals surface area contributed by atoms with E-state index >= 15 is 0 Å². The molecule has 24 heavy (non-hydrogen) atoms. The van der Waals surface area contributed by atoms with Crippen LogP contribution in [0.15, 0.2) is 46.0 Å². The summed E-state index contributed by atoms with van der Waals surface area (Å²) in [6.45, 7) is 0. The zero-order chi connectivity index (χ0) is 17.5. The lowest BCUT2D eigenvalue weighted by Gasteiger charge is -2.10. The van der Waals surface area contributed by atoms with Gasteiger partial charge < -0.3 is 14.2 Å². The van der Waals surface area contributed by atoms with E-state index < -0.39 is 0 Å². The second-order valence-electron chi connectivity index (χ2n) is 4.67. The molecule has 0 aromatic heterocycles. The van der Waals surface area contributed by atoms with Crippen molar-refractivity contribution in [3.05, 3.63) is 52.0 Å². The van der Waals surface area contributed by atoms with Gasteiger partial charge in [-0.05, 0) is 51.8 Å². The van der Waals surface area contributed by atoms with Crippen molar-refractivity contribution in [2.24, 2.45) is 5.10 Å². The molecule has 0 saturated heterocycles. The van der Waals surface area contributed by atoms with E-state index in [1.54, 1.807) is 51.7 Å². The summed E-state index contributed by atoms with van der Waals surface area (Å²) in [5, 5.41) is 3.96. The van der Waals surface area contributed by atoms with Crippen LogP contribution in [-0.2, 0) is 0 Å². The van der Waals surface area contributed by atoms with Crippen molar-refractivity contribution in [2.45, 2.75) is 0 Å².